The highest BCUT2D eigenvalue weighted by Crippen LogP contribution is 2.43. The SMILES string of the molecule is O=C(Cc1ccccc1)NC(Nc1nccs1)(C(F)(F)F)C(F)(F)F. The first-order chi connectivity index (χ1) is 11.6. The van der Waals surface area contributed by atoms with Gasteiger partial charge >= 0.3 is 18.0 Å². The molecule has 0 unspecified atom stereocenters. The number of nitrogens with zero attached hydrogens (tertiary/aromatic N) is 1. The lowest BCUT2D eigenvalue weighted by Crippen LogP contribution is -2.72. The van der Waals surface area contributed by atoms with E-state index in [0.29, 0.717) is 11.3 Å². The Labute approximate surface area is 141 Å². The maximum atomic E-state index is 13.3. The van der Waals surface area contributed by atoms with Gasteiger partial charge in [-0.25, -0.2) is 4.98 Å². The van der Waals surface area contributed by atoms with Gasteiger partial charge in [-0.3, -0.25) is 4.79 Å². The van der Waals surface area contributed by atoms with Gasteiger partial charge < -0.3 is 10.6 Å². The molecule has 0 radical (unpaired) electrons. The van der Waals surface area contributed by atoms with Gasteiger partial charge in [0.2, 0.25) is 5.91 Å². The summed E-state index contributed by atoms with van der Waals surface area (Å²) < 4.78 is 80.1. The quantitative estimate of drug-likeness (QED) is 0.611. The molecule has 1 aromatic carbocycles. The van der Waals surface area contributed by atoms with E-state index in [-0.39, 0.29) is 5.56 Å². The number of anilines is 1. The third-order valence-corrected chi connectivity index (χ3v) is 3.80. The van der Waals surface area contributed by atoms with E-state index < -0.39 is 35.5 Å². The third kappa shape index (κ3) is 4.21. The number of halogens is 6. The van der Waals surface area contributed by atoms with Gasteiger partial charge in [0.05, 0.1) is 6.42 Å². The lowest BCUT2D eigenvalue weighted by atomic mass is 10.1. The summed E-state index contributed by atoms with van der Waals surface area (Å²) >= 11 is 0.540. The predicted octanol–water partition coefficient (Wildman–Crippen LogP) is 3.73. The fourth-order valence-corrected chi connectivity index (χ4v) is 2.54. The molecule has 0 saturated heterocycles. The Morgan fingerprint density at radius 3 is 2.12 bits per heavy atom. The molecule has 1 aromatic heterocycles. The molecule has 136 valence electrons. The van der Waals surface area contributed by atoms with E-state index in [4.69, 9.17) is 0 Å². The first kappa shape index (κ1) is 19.0. The van der Waals surface area contributed by atoms with Gasteiger partial charge in [0.1, 0.15) is 0 Å². The Balaban J connectivity index is 2.34. The summed E-state index contributed by atoms with van der Waals surface area (Å²) in [4.78, 5) is 15.3. The van der Waals surface area contributed by atoms with Gasteiger partial charge in [0, 0.05) is 11.6 Å². The number of aromatic nitrogens is 1. The molecule has 11 heteroatoms. The van der Waals surface area contributed by atoms with Gasteiger partial charge in [-0.1, -0.05) is 30.3 Å². The second kappa shape index (κ2) is 6.90. The highest BCUT2D eigenvalue weighted by Gasteiger charge is 2.72. The van der Waals surface area contributed by atoms with E-state index >= 15 is 0 Å². The van der Waals surface area contributed by atoms with E-state index in [2.05, 4.69) is 4.98 Å². The molecule has 0 bridgehead atoms. The normalized spacial score (nSPS) is 12.7. The number of carbonyl (C=O) groups is 1. The molecular weight excluding hydrogens is 372 g/mol. The first-order valence-corrected chi connectivity index (χ1v) is 7.59. The Bertz CT molecular complexity index is 686. The van der Waals surface area contributed by atoms with Crippen molar-refractivity contribution in [1.82, 2.24) is 10.3 Å². The van der Waals surface area contributed by atoms with Crippen LogP contribution in [-0.2, 0) is 11.2 Å². The number of carbonyl (C=O) groups excluding carboxylic acids is 1. The maximum Gasteiger partial charge on any atom is 0.439 e. The van der Waals surface area contributed by atoms with E-state index in [1.54, 1.807) is 6.07 Å². The summed E-state index contributed by atoms with van der Waals surface area (Å²) in [6.07, 6.45) is -11.3. The molecule has 2 aromatic rings. The van der Waals surface area contributed by atoms with E-state index in [1.807, 2.05) is 0 Å². The highest BCUT2D eigenvalue weighted by molar-refractivity contribution is 7.13. The van der Waals surface area contributed by atoms with Crippen LogP contribution in [0.15, 0.2) is 41.9 Å². The summed E-state index contributed by atoms with van der Waals surface area (Å²) in [6, 6.07) is 7.45. The van der Waals surface area contributed by atoms with Gasteiger partial charge in [-0.05, 0) is 5.56 Å². The number of hydrogen-bond donors (Lipinski definition) is 2. The lowest BCUT2D eigenvalue weighted by molar-refractivity contribution is -0.295. The minimum Gasteiger partial charge on any atom is -0.324 e. The van der Waals surface area contributed by atoms with E-state index in [9.17, 15) is 31.1 Å². The van der Waals surface area contributed by atoms with Crippen LogP contribution in [0.3, 0.4) is 0 Å². The minimum absolute atomic E-state index is 0.271. The summed E-state index contributed by atoms with van der Waals surface area (Å²) in [5.74, 6) is -1.44. The van der Waals surface area contributed by atoms with Crippen molar-refractivity contribution in [2.45, 2.75) is 24.4 Å². The van der Waals surface area contributed by atoms with Gasteiger partial charge in [0.25, 0.3) is 0 Å². The molecule has 2 rings (SSSR count). The van der Waals surface area contributed by atoms with Crippen LogP contribution in [0.1, 0.15) is 5.56 Å². The summed E-state index contributed by atoms with van der Waals surface area (Å²) in [6.45, 7) is 0. The molecule has 0 atom stereocenters. The predicted molar refractivity (Wildman–Crippen MR) is 78.9 cm³/mol. The molecule has 4 nitrogen and oxygen atoms in total. The molecule has 0 saturated carbocycles. The highest BCUT2D eigenvalue weighted by atomic mass is 32.1. The van der Waals surface area contributed by atoms with Crippen LogP contribution in [0.4, 0.5) is 31.5 Å². The average Bonchev–Trinajstić information content (AvgIpc) is 2.98. The second-order valence-corrected chi connectivity index (χ2v) is 5.81. The number of rotatable bonds is 5. The van der Waals surface area contributed by atoms with Crippen LogP contribution in [0, 0.1) is 0 Å². The Kier molecular flexibility index (Phi) is 5.26. The minimum atomic E-state index is -5.86. The van der Waals surface area contributed by atoms with Gasteiger partial charge in [-0.2, -0.15) is 26.3 Å². The van der Waals surface area contributed by atoms with Crippen LogP contribution in [-0.4, -0.2) is 28.9 Å². The van der Waals surface area contributed by atoms with Crippen molar-refractivity contribution >= 4 is 22.4 Å². The zero-order chi connectivity index (χ0) is 18.7. The molecular formula is C14H11F6N3OS. The number of hydrogen-bond acceptors (Lipinski definition) is 4. The van der Waals surface area contributed by atoms with Gasteiger partial charge in [0.15, 0.2) is 5.13 Å². The van der Waals surface area contributed by atoms with Crippen LogP contribution in [0.5, 0.6) is 0 Å². The molecule has 0 aliphatic carbocycles. The topological polar surface area (TPSA) is 54.0 Å². The maximum absolute atomic E-state index is 13.3. The van der Waals surface area contributed by atoms with Crippen molar-refractivity contribution in [3.05, 3.63) is 47.5 Å². The number of thiazole rings is 1. The largest absolute Gasteiger partial charge is 0.439 e. The van der Waals surface area contributed by atoms with Crippen molar-refractivity contribution in [2.75, 3.05) is 5.32 Å². The zero-order valence-electron chi connectivity index (χ0n) is 12.3. The summed E-state index contributed by atoms with van der Waals surface area (Å²) in [5, 5.41) is 2.93. The second-order valence-electron chi connectivity index (χ2n) is 4.92. The Morgan fingerprint density at radius 2 is 1.64 bits per heavy atom. The lowest BCUT2D eigenvalue weighted by Gasteiger charge is -2.38. The molecule has 0 aliphatic heterocycles. The molecule has 0 aliphatic rings. The monoisotopic (exact) mass is 383 g/mol. The molecule has 0 spiro atoms. The third-order valence-electron chi connectivity index (χ3n) is 3.11. The fourth-order valence-electron chi connectivity index (χ4n) is 1.96. The van der Waals surface area contributed by atoms with Crippen molar-refractivity contribution in [2.24, 2.45) is 0 Å². The van der Waals surface area contributed by atoms with Crippen molar-refractivity contribution in [1.29, 1.82) is 0 Å². The molecule has 2 N–H and O–H groups in total. The fraction of sp³-hybridized carbons (Fsp3) is 0.286. The number of amides is 1. The molecule has 1 heterocycles. The van der Waals surface area contributed by atoms with Crippen molar-refractivity contribution in [3.63, 3.8) is 0 Å². The number of alkyl halides is 6. The average molecular weight is 383 g/mol. The van der Waals surface area contributed by atoms with Crippen molar-refractivity contribution < 1.29 is 31.1 Å². The zero-order valence-corrected chi connectivity index (χ0v) is 13.1. The van der Waals surface area contributed by atoms with Crippen LogP contribution in [0.25, 0.3) is 0 Å². The number of benzene rings is 1. The van der Waals surface area contributed by atoms with Crippen LogP contribution in [0.2, 0.25) is 0 Å². The Hall–Kier alpha value is -2.30. The van der Waals surface area contributed by atoms with Crippen molar-refractivity contribution in [3.8, 4) is 0 Å². The number of nitrogens with one attached hydrogen (secondary N) is 2. The van der Waals surface area contributed by atoms with Crippen LogP contribution >= 0.6 is 11.3 Å². The summed E-state index contributed by atoms with van der Waals surface area (Å²) in [7, 11) is 0. The Morgan fingerprint density at radius 1 is 1.04 bits per heavy atom. The van der Waals surface area contributed by atoms with E-state index in [0.717, 1.165) is 11.5 Å². The molecule has 0 fully saturated rings. The van der Waals surface area contributed by atoms with E-state index in [1.165, 1.54) is 35.0 Å². The van der Waals surface area contributed by atoms with Gasteiger partial charge in [-0.15, -0.1) is 11.3 Å². The van der Waals surface area contributed by atoms with Crippen LogP contribution < -0.4 is 10.6 Å². The molecule has 25 heavy (non-hydrogen) atoms. The smallest absolute Gasteiger partial charge is 0.324 e. The summed E-state index contributed by atoms with van der Waals surface area (Å²) in [5.41, 5.74) is -4.38. The molecule has 1 amide bonds. The standard InChI is InChI=1S/C14H11F6N3OS/c15-13(16,17)12(14(18,19)20,23-11-21-6-7-25-11)22-10(24)8-9-4-2-1-3-5-9/h1-7H,8H2,(H,21,23)(H,22,24). The first-order valence-electron chi connectivity index (χ1n) is 6.71.